The van der Waals surface area contributed by atoms with Crippen LogP contribution in [0.4, 0.5) is 0 Å². The highest BCUT2D eigenvalue weighted by atomic mass is 79.9. The summed E-state index contributed by atoms with van der Waals surface area (Å²) in [4.78, 5) is 10.3. The Labute approximate surface area is 267 Å². The smallest absolute Gasteiger partial charge is 0.492 e. The number of aromatic carboxylic acids is 1. The van der Waals surface area contributed by atoms with Crippen LogP contribution in [-0.4, -0.2) is 41.5 Å². The lowest BCUT2D eigenvalue weighted by Gasteiger charge is -2.11. The molecular weight excluding hydrogens is 698 g/mol. The van der Waals surface area contributed by atoms with Gasteiger partial charge in [0.05, 0.1) is 18.8 Å². The highest BCUT2D eigenvalue weighted by molar-refractivity contribution is 9.10. The molecule has 0 aromatic heterocycles. The summed E-state index contributed by atoms with van der Waals surface area (Å²) in [7, 11) is -1.53. The highest BCUT2D eigenvalue weighted by Gasteiger charge is 2.16. The molecule has 11 heteroatoms. The van der Waals surface area contributed by atoms with Gasteiger partial charge in [0.1, 0.15) is 11.5 Å². The van der Waals surface area contributed by atoms with Crippen LogP contribution in [0.3, 0.4) is 0 Å². The predicted molar refractivity (Wildman–Crippen MR) is 174 cm³/mol. The Morgan fingerprint density at radius 1 is 0.805 bits per heavy atom. The van der Waals surface area contributed by atoms with E-state index in [1.54, 1.807) is 36.4 Å². The third-order valence-corrected chi connectivity index (χ3v) is 6.95. The lowest BCUT2D eigenvalue weighted by molar-refractivity contribution is 0.0697. The van der Waals surface area contributed by atoms with Crippen molar-refractivity contribution in [1.29, 1.82) is 0 Å². The molecule has 3 N–H and O–H groups in total. The summed E-state index contributed by atoms with van der Waals surface area (Å²) in [5.41, 5.74) is 4.10. The number of benzene rings is 4. The maximum Gasteiger partial charge on any atom is 0.492 e. The van der Waals surface area contributed by atoms with E-state index in [2.05, 4.69) is 56.1 Å². The van der Waals surface area contributed by atoms with E-state index in [0.717, 1.165) is 26.7 Å². The second-order valence-corrected chi connectivity index (χ2v) is 10.6. The fourth-order valence-corrected chi connectivity index (χ4v) is 4.34. The van der Waals surface area contributed by atoms with Gasteiger partial charge in [0.25, 0.3) is 0 Å². The summed E-state index contributed by atoms with van der Waals surface area (Å²) in [6.07, 6.45) is 0. The van der Waals surface area contributed by atoms with Crippen LogP contribution in [0, 0.1) is 0 Å². The Hall–Kier alpha value is -2.53. The summed E-state index contributed by atoms with van der Waals surface area (Å²) in [6, 6.07) is 25.3. The second kappa shape index (κ2) is 18.1. The largest absolute Gasteiger partial charge is 0.494 e. The van der Waals surface area contributed by atoms with Gasteiger partial charge in [0.15, 0.2) is 0 Å². The van der Waals surface area contributed by atoms with Gasteiger partial charge in [-0.3, -0.25) is 0 Å². The van der Waals surface area contributed by atoms with Gasteiger partial charge >= 0.3 is 13.1 Å². The van der Waals surface area contributed by atoms with Gasteiger partial charge in [-0.1, -0.05) is 85.4 Å². The Balaban J connectivity index is 0.000000226. The van der Waals surface area contributed by atoms with E-state index in [0.29, 0.717) is 40.0 Å². The molecule has 216 valence electrons. The van der Waals surface area contributed by atoms with Gasteiger partial charge in [-0.25, -0.2) is 4.79 Å². The van der Waals surface area contributed by atoms with Crippen molar-refractivity contribution in [2.75, 3.05) is 13.2 Å². The van der Waals surface area contributed by atoms with Crippen molar-refractivity contribution in [3.8, 4) is 22.6 Å². The molecule has 0 fully saturated rings. The lowest BCUT2D eigenvalue weighted by Crippen LogP contribution is -2.31. The van der Waals surface area contributed by atoms with E-state index >= 15 is 0 Å². The molecule has 41 heavy (non-hydrogen) atoms. The summed E-state index contributed by atoms with van der Waals surface area (Å²) in [6.45, 7) is 4.87. The van der Waals surface area contributed by atoms with Gasteiger partial charge < -0.3 is 24.6 Å². The molecule has 0 aliphatic heterocycles. The van der Waals surface area contributed by atoms with E-state index in [9.17, 15) is 4.79 Å². The molecule has 0 aliphatic rings. The van der Waals surface area contributed by atoms with Crippen LogP contribution in [0.1, 0.15) is 29.8 Å². The molecule has 0 bridgehead atoms. The normalized spacial score (nSPS) is 9.95. The fraction of sp³-hybridized carbons (Fsp3) is 0.167. The number of hydrogen-bond donors (Lipinski definition) is 3. The first-order valence-electron chi connectivity index (χ1n) is 12.4. The predicted octanol–water partition coefficient (Wildman–Crippen LogP) is 7.87. The van der Waals surface area contributed by atoms with Crippen molar-refractivity contribution >= 4 is 73.6 Å². The molecular formula is C30H29BBr2Cl2O6. The molecule has 4 aromatic rings. The molecule has 0 amide bonds. The third kappa shape index (κ3) is 11.7. The molecule has 0 saturated carbocycles. The fourth-order valence-electron chi connectivity index (χ4n) is 3.38. The van der Waals surface area contributed by atoms with Gasteiger partial charge in [-0.2, -0.15) is 0 Å². The van der Waals surface area contributed by atoms with Crippen LogP contribution in [0.15, 0.2) is 89.4 Å². The molecule has 4 aromatic carbocycles. The molecule has 6 nitrogen and oxygen atoms in total. The number of carboxylic acid groups (broad SMARTS) is 1. The molecule has 0 atom stereocenters. The summed E-state index contributed by atoms with van der Waals surface area (Å²) in [5, 5.41) is 28.4. The summed E-state index contributed by atoms with van der Waals surface area (Å²) < 4.78 is 11.7. The zero-order chi connectivity index (χ0) is 30.4. The van der Waals surface area contributed by atoms with Crippen molar-refractivity contribution < 1.29 is 29.4 Å². The first kappa shape index (κ1) is 34.7. The highest BCUT2D eigenvalue weighted by Crippen LogP contribution is 2.33. The number of hydrogen-bond acceptors (Lipinski definition) is 5. The van der Waals surface area contributed by atoms with Crippen LogP contribution in [0.5, 0.6) is 11.5 Å². The summed E-state index contributed by atoms with van der Waals surface area (Å²) in [5.74, 6) is 0.342. The number of ether oxygens (including phenoxy) is 2. The zero-order valence-electron chi connectivity index (χ0n) is 22.4. The minimum atomic E-state index is -1.53. The van der Waals surface area contributed by atoms with E-state index in [1.165, 1.54) is 11.6 Å². The Bertz CT molecular complexity index is 1390. The monoisotopic (exact) mass is 724 g/mol. The third-order valence-electron chi connectivity index (χ3n) is 5.31. The number of carboxylic acids is 1. The van der Waals surface area contributed by atoms with Gasteiger partial charge in [-0.15, -0.1) is 0 Å². The number of carbonyl (C=O) groups is 1. The van der Waals surface area contributed by atoms with Gasteiger partial charge in [0.2, 0.25) is 0 Å². The van der Waals surface area contributed by atoms with E-state index < -0.39 is 13.1 Å². The van der Waals surface area contributed by atoms with Crippen molar-refractivity contribution in [2.45, 2.75) is 19.2 Å². The lowest BCUT2D eigenvalue weighted by atomic mass is 9.79. The molecule has 0 saturated heterocycles. The van der Waals surface area contributed by atoms with E-state index in [1.807, 2.05) is 32.0 Å². The summed E-state index contributed by atoms with van der Waals surface area (Å²) >= 11 is 18.4. The van der Waals surface area contributed by atoms with Crippen LogP contribution < -0.4 is 14.9 Å². The molecule has 0 aliphatic carbocycles. The molecule has 0 spiro atoms. The quantitative estimate of drug-likeness (QED) is 0.126. The average molecular weight is 727 g/mol. The topological polar surface area (TPSA) is 96.2 Å². The molecule has 0 radical (unpaired) electrons. The minimum absolute atomic E-state index is 0.309. The zero-order valence-corrected chi connectivity index (χ0v) is 27.0. The van der Waals surface area contributed by atoms with Crippen LogP contribution in [-0.2, 0) is 5.33 Å². The SMILES string of the molecule is CCOc1cc(Cl)ccc1-c1ccc(CBr)cc1.CCOc1cc(Cl)ccc1B(O)O.O=C(O)c1ccc(Br)cc1. The van der Waals surface area contributed by atoms with E-state index in [-0.39, 0.29) is 0 Å². The van der Waals surface area contributed by atoms with Crippen molar-refractivity contribution in [2.24, 2.45) is 0 Å². The standard InChI is InChI=1S/C15H14BrClO.C8H10BClO3.C7H5BrO2/c1-2-18-15-9-13(17)7-8-14(15)12-5-3-11(10-16)4-6-12;1-2-13-8-5-6(10)3-4-7(8)9(11)12;8-6-3-1-5(2-4-6)7(9)10/h3-9H,2,10H2,1H3;3-5,11-12H,2H2,1H3;1-4H,(H,9,10). The Morgan fingerprint density at radius 2 is 1.34 bits per heavy atom. The number of rotatable bonds is 8. The van der Waals surface area contributed by atoms with Gasteiger partial charge in [-0.05, 0) is 79.6 Å². The Kier molecular flexibility index (Phi) is 15.3. The van der Waals surface area contributed by atoms with Crippen molar-refractivity contribution in [3.05, 3.63) is 111 Å². The minimum Gasteiger partial charge on any atom is -0.494 e. The van der Waals surface area contributed by atoms with Crippen molar-refractivity contribution in [3.63, 3.8) is 0 Å². The number of halogens is 4. The van der Waals surface area contributed by atoms with Gasteiger partial charge in [0, 0.05) is 30.9 Å². The van der Waals surface area contributed by atoms with Crippen LogP contribution >= 0.6 is 55.1 Å². The van der Waals surface area contributed by atoms with E-state index in [4.69, 9.17) is 47.8 Å². The molecule has 0 unspecified atom stereocenters. The maximum atomic E-state index is 10.3. The first-order valence-corrected chi connectivity index (χ1v) is 15.1. The average Bonchev–Trinajstić information content (AvgIpc) is 2.94. The number of alkyl halides is 1. The molecule has 4 rings (SSSR count). The van der Waals surface area contributed by atoms with Crippen molar-refractivity contribution in [1.82, 2.24) is 0 Å². The van der Waals surface area contributed by atoms with Crippen LogP contribution in [0.2, 0.25) is 10.0 Å². The first-order chi connectivity index (χ1) is 19.6. The molecule has 0 heterocycles. The second-order valence-electron chi connectivity index (χ2n) is 8.20. The Morgan fingerprint density at radius 3 is 1.85 bits per heavy atom. The van der Waals surface area contributed by atoms with Crippen LogP contribution in [0.25, 0.3) is 11.1 Å². The maximum absolute atomic E-state index is 10.3.